The molecule has 1 aliphatic carbocycles. The van der Waals surface area contributed by atoms with Gasteiger partial charge in [-0.2, -0.15) is 13.2 Å². The van der Waals surface area contributed by atoms with Gasteiger partial charge in [0, 0.05) is 18.8 Å². The van der Waals surface area contributed by atoms with Crippen LogP contribution in [0.4, 0.5) is 29.5 Å². The molecule has 0 bridgehead atoms. The monoisotopic (exact) mass is 630 g/mol. The number of hydrogen-bond donors (Lipinski definition) is 1. The Kier molecular flexibility index (Phi) is 8.12. The van der Waals surface area contributed by atoms with Gasteiger partial charge in [0.2, 0.25) is 0 Å². The van der Waals surface area contributed by atoms with Crippen molar-refractivity contribution in [2.75, 3.05) is 16.5 Å². The minimum atomic E-state index is -4.40. The third-order valence-corrected chi connectivity index (χ3v) is 8.43. The number of carbonyl (C=O) groups excluding carboxylic acids is 2. The molecule has 3 aromatic rings. The molecule has 2 aromatic carbocycles. The maximum atomic E-state index is 13.6. The normalized spacial score (nSPS) is 16.8. The second kappa shape index (κ2) is 11.4. The van der Waals surface area contributed by atoms with E-state index >= 15 is 0 Å². The zero-order chi connectivity index (χ0) is 32.0. The summed E-state index contributed by atoms with van der Waals surface area (Å²) in [4.78, 5) is 34.5. The maximum Gasteiger partial charge on any atom is 0.416 e. The van der Waals surface area contributed by atoms with Crippen molar-refractivity contribution < 1.29 is 35.9 Å². The van der Waals surface area contributed by atoms with Gasteiger partial charge in [0.25, 0.3) is 5.91 Å². The first-order chi connectivity index (χ1) is 20.5. The van der Waals surface area contributed by atoms with Gasteiger partial charge >= 0.3 is 12.3 Å². The lowest BCUT2D eigenvalue weighted by molar-refractivity contribution is -0.137. The molecule has 5 rings (SSSR count). The zero-order valence-electron chi connectivity index (χ0n) is 24.7. The number of halogens is 3. The molecule has 0 spiro atoms. The van der Waals surface area contributed by atoms with Gasteiger partial charge in [-0.05, 0) is 86.7 Å². The van der Waals surface area contributed by atoms with Crippen LogP contribution in [0.3, 0.4) is 0 Å². The molecule has 13 heteroatoms. The Morgan fingerprint density at radius 1 is 1.05 bits per heavy atom. The van der Waals surface area contributed by atoms with Crippen molar-refractivity contribution >= 4 is 33.3 Å². The number of aromatic nitrogens is 1. The average Bonchev–Trinajstić information content (AvgIpc) is 3.69. The second-order valence-electron chi connectivity index (χ2n) is 12.1. The highest BCUT2D eigenvalue weighted by molar-refractivity contribution is 7.90. The fourth-order valence-corrected chi connectivity index (χ4v) is 5.74. The third kappa shape index (κ3) is 7.15. The number of nitrogens with zero attached hydrogens (tertiary/aromatic N) is 3. The smallest absolute Gasteiger partial charge is 0.416 e. The molecule has 1 N–H and O–H groups in total. The lowest BCUT2D eigenvalue weighted by Gasteiger charge is -2.28. The number of pyridine rings is 1. The minimum Gasteiger partial charge on any atom is -0.444 e. The van der Waals surface area contributed by atoms with Crippen LogP contribution in [-0.2, 0) is 38.6 Å². The zero-order valence-corrected chi connectivity index (χ0v) is 25.5. The summed E-state index contributed by atoms with van der Waals surface area (Å²) in [7, 11) is -3.51. The van der Waals surface area contributed by atoms with E-state index in [0.717, 1.165) is 42.5 Å². The molecule has 0 radical (unpaired) electrons. The van der Waals surface area contributed by atoms with Gasteiger partial charge in [-0.15, -0.1) is 0 Å². The van der Waals surface area contributed by atoms with Gasteiger partial charge in [0.15, 0.2) is 9.84 Å². The highest BCUT2D eigenvalue weighted by atomic mass is 32.2. The van der Waals surface area contributed by atoms with E-state index < -0.39 is 45.2 Å². The number of hydrogen-bond acceptors (Lipinski definition) is 7. The molecule has 0 saturated heterocycles. The summed E-state index contributed by atoms with van der Waals surface area (Å²) in [5.74, 6) is -0.319. The maximum absolute atomic E-state index is 13.6. The van der Waals surface area contributed by atoms with Crippen LogP contribution in [0.5, 0.6) is 0 Å². The largest absolute Gasteiger partial charge is 0.444 e. The number of nitrogens with one attached hydrogen (secondary N) is 1. The van der Waals surface area contributed by atoms with E-state index in [1.54, 1.807) is 39.1 Å². The van der Waals surface area contributed by atoms with Crippen molar-refractivity contribution in [3.63, 3.8) is 0 Å². The fraction of sp³-hybridized carbons (Fsp3) is 0.387. The Labute approximate surface area is 253 Å². The predicted octanol–water partition coefficient (Wildman–Crippen LogP) is 6.10. The van der Waals surface area contributed by atoms with E-state index in [4.69, 9.17) is 4.74 Å². The summed E-state index contributed by atoms with van der Waals surface area (Å²) in [6.45, 7) is 5.50. The summed E-state index contributed by atoms with van der Waals surface area (Å²) in [6.07, 6.45) is -0.555. The van der Waals surface area contributed by atoms with Gasteiger partial charge in [-0.1, -0.05) is 18.2 Å². The lowest BCUT2D eigenvalue weighted by atomic mass is 10.0. The molecule has 1 atom stereocenters. The number of carbonyl (C=O) groups is 2. The van der Waals surface area contributed by atoms with Crippen LogP contribution in [0.25, 0.3) is 0 Å². The molecule has 1 aliphatic heterocycles. The molecule has 2 aliphatic rings. The predicted molar refractivity (Wildman–Crippen MR) is 158 cm³/mol. The third-order valence-electron chi connectivity index (χ3n) is 7.32. The molecular formula is C31H33F3N4O5S. The van der Waals surface area contributed by atoms with Crippen LogP contribution in [-0.4, -0.2) is 48.2 Å². The SMILES string of the molecule is CC(C)(C)OC(=O)N1Cc2cc(S(C)(=O)=O)ccc2[C@@H]1C(=O)Nc1ccc(N(Cc2ccc(C(F)(F)F)cc2)C2CC2)cn1. The van der Waals surface area contributed by atoms with Crippen LogP contribution in [0.2, 0.25) is 0 Å². The molecule has 1 saturated carbocycles. The highest BCUT2D eigenvalue weighted by Crippen LogP contribution is 2.38. The van der Waals surface area contributed by atoms with Crippen molar-refractivity contribution in [2.45, 2.75) is 75.5 Å². The number of fused-ring (bicyclic) bond motifs is 1. The van der Waals surface area contributed by atoms with Gasteiger partial charge in [-0.3, -0.25) is 9.69 Å². The van der Waals surface area contributed by atoms with E-state index in [-0.39, 0.29) is 23.3 Å². The van der Waals surface area contributed by atoms with E-state index in [9.17, 15) is 31.2 Å². The van der Waals surface area contributed by atoms with Gasteiger partial charge in [0.05, 0.1) is 28.9 Å². The quantitative estimate of drug-likeness (QED) is 0.336. The van der Waals surface area contributed by atoms with E-state index in [2.05, 4.69) is 15.2 Å². The lowest BCUT2D eigenvalue weighted by Crippen LogP contribution is -2.40. The van der Waals surface area contributed by atoms with Crippen LogP contribution in [0, 0.1) is 0 Å². The molecule has 44 heavy (non-hydrogen) atoms. The van der Waals surface area contributed by atoms with Gasteiger partial charge in [0.1, 0.15) is 17.5 Å². The molecule has 2 heterocycles. The summed E-state index contributed by atoms with van der Waals surface area (Å²) < 4.78 is 68.7. The van der Waals surface area contributed by atoms with Crippen LogP contribution in [0.15, 0.2) is 65.7 Å². The Hall–Kier alpha value is -4.13. The van der Waals surface area contributed by atoms with E-state index in [1.165, 1.54) is 35.2 Å². The molecule has 1 aromatic heterocycles. The summed E-state index contributed by atoms with van der Waals surface area (Å²) in [5, 5.41) is 2.76. The van der Waals surface area contributed by atoms with Crippen LogP contribution < -0.4 is 10.2 Å². The summed E-state index contributed by atoms with van der Waals surface area (Å²) >= 11 is 0. The van der Waals surface area contributed by atoms with Gasteiger partial charge in [-0.25, -0.2) is 18.2 Å². The van der Waals surface area contributed by atoms with Crippen molar-refractivity contribution in [2.24, 2.45) is 0 Å². The number of anilines is 2. The Morgan fingerprint density at radius 3 is 2.27 bits per heavy atom. The number of ether oxygens (including phenoxy) is 1. The highest BCUT2D eigenvalue weighted by Gasteiger charge is 2.41. The number of rotatable bonds is 7. The minimum absolute atomic E-state index is 0.0155. The first-order valence-corrected chi connectivity index (χ1v) is 15.9. The summed E-state index contributed by atoms with van der Waals surface area (Å²) in [5.41, 5.74) is 0.950. The Morgan fingerprint density at radius 2 is 1.73 bits per heavy atom. The average molecular weight is 631 g/mol. The standard InChI is InChI=1S/C31H33F3N4O5S/c1-30(2,3)43-29(40)38-18-20-15-24(44(4,41)42)12-13-25(20)27(38)28(39)36-26-14-11-23(16-35-26)37(22-9-10-22)17-19-5-7-21(8-6-19)31(32,33)34/h5-8,11-16,22,27H,9-10,17-18H2,1-4H3,(H,35,36,39)/t27-/m1/s1. The molecule has 9 nitrogen and oxygen atoms in total. The molecular weight excluding hydrogens is 597 g/mol. The van der Waals surface area contributed by atoms with Crippen LogP contribution >= 0.6 is 0 Å². The Bertz CT molecular complexity index is 1670. The first-order valence-electron chi connectivity index (χ1n) is 14.0. The van der Waals surface area contributed by atoms with Crippen molar-refractivity contribution in [1.29, 1.82) is 0 Å². The van der Waals surface area contributed by atoms with E-state index in [1.807, 2.05) is 0 Å². The van der Waals surface area contributed by atoms with Crippen molar-refractivity contribution in [3.8, 4) is 0 Å². The van der Waals surface area contributed by atoms with E-state index in [0.29, 0.717) is 17.7 Å². The number of benzene rings is 2. The van der Waals surface area contributed by atoms with Crippen LogP contribution in [0.1, 0.15) is 61.9 Å². The summed E-state index contributed by atoms with van der Waals surface area (Å²) in [6, 6.07) is 12.0. The topological polar surface area (TPSA) is 109 Å². The number of alkyl halides is 3. The molecule has 234 valence electrons. The molecule has 2 amide bonds. The second-order valence-corrected chi connectivity index (χ2v) is 14.1. The fourth-order valence-electron chi connectivity index (χ4n) is 5.07. The first kappa shape index (κ1) is 31.3. The number of amides is 2. The Balaban J connectivity index is 1.35. The van der Waals surface area contributed by atoms with Gasteiger partial charge < -0.3 is 15.0 Å². The number of sulfone groups is 1. The van der Waals surface area contributed by atoms with Crippen molar-refractivity contribution in [3.05, 3.63) is 83.0 Å². The molecule has 0 unspecified atom stereocenters. The molecule has 1 fully saturated rings. The van der Waals surface area contributed by atoms with Crippen molar-refractivity contribution in [1.82, 2.24) is 9.88 Å².